The Morgan fingerprint density at radius 1 is 1.13 bits per heavy atom. The highest BCUT2D eigenvalue weighted by molar-refractivity contribution is 6.04. The average molecular weight is 417 g/mol. The first kappa shape index (κ1) is 20.8. The zero-order chi connectivity index (χ0) is 22.0. The molecule has 1 aliphatic carbocycles. The van der Waals surface area contributed by atoms with Crippen molar-refractivity contribution in [1.29, 1.82) is 0 Å². The number of fused-ring (bicyclic) bond motifs is 1. The summed E-state index contributed by atoms with van der Waals surface area (Å²) in [5.41, 5.74) is 6.51. The Hall–Kier alpha value is -3.41. The van der Waals surface area contributed by atoms with Gasteiger partial charge in [-0.1, -0.05) is 30.3 Å². The number of aromatic nitrogens is 2. The monoisotopic (exact) mass is 416 g/mol. The van der Waals surface area contributed by atoms with Crippen LogP contribution >= 0.6 is 0 Å². The molecule has 6 heteroatoms. The van der Waals surface area contributed by atoms with Gasteiger partial charge in [0, 0.05) is 37.0 Å². The summed E-state index contributed by atoms with van der Waals surface area (Å²) < 4.78 is 1.94. The van der Waals surface area contributed by atoms with Crippen molar-refractivity contribution in [2.24, 2.45) is 0 Å². The van der Waals surface area contributed by atoms with E-state index in [1.165, 1.54) is 0 Å². The quantitative estimate of drug-likeness (QED) is 0.652. The van der Waals surface area contributed by atoms with Crippen molar-refractivity contribution >= 4 is 17.5 Å². The van der Waals surface area contributed by atoms with Crippen LogP contribution in [0.3, 0.4) is 0 Å². The first-order chi connectivity index (χ1) is 15.0. The number of hydrogen-bond donors (Lipinski definition) is 1. The second-order valence-corrected chi connectivity index (χ2v) is 8.01. The molecule has 1 aliphatic rings. The van der Waals surface area contributed by atoms with Gasteiger partial charge in [-0.2, -0.15) is 5.10 Å². The molecule has 0 spiro atoms. The predicted molar refractivity (Wildman–Crippen MR) is 121 cm³/mol. The molecule has 0 unspecified atom stereocenters. The number of para-hydroxylation sites is 1. The molecule has 0 fully saturated rings. The number of carbonyl (C=O) groups excluding carboxylic acids is 2. The number of amides is 2. The van der Waals surface area contributed by atoms with Gasteiger partial charge < -0.3 is 10.2 Å². The van der Waals surface area contributed by atoms with E-state index in [0.29, 0.717) is 24.5 Å². The lowest BCUT2D eigenvalue weighted by molar-refractivity contribution is -0.129. The van der Waals surface area contributed by atoms with Crippen molar-refractivity contribution in [3.63, 3.8) is 0 Å². The second-order valence-electron chi connectivity index (χ2n) is 8.01. The van der Waals surface area contributed by atoms with E-state index in [9.17, 15) is 9.59 Å². The molecule has 4 rings (SSSR count). The van der Waals surface area contributed by atoms with E-state index in [-0.39, 0.29) is 11.8 Å². The van der Waals surface area contributed by atoms with Crippen LogP contribution in [0.2, 0.25) is 0 Å². The lowest BCUT2D eigenvalue weighted by Crippen LogP contribution is -2.27. The summed E-state index contributed by atoms with van der Waals surface area (Å²) in [6.45, 7) is 6.75. The van der Waals surface area contributed by atoms with E-state index in [4.69, 9.17) is 5.10 Å². The maximum absolute atomic E-state index is 13.1. The fourth-order valence-electron chi connectivity index (χ4n) is 4.22. The van der Waals surface area contributed by atoms with Crippen molar-refractivity contribution in [2.75, 3.05) is 11.9 Å². The van der Waals surface area contributed by atoms with Gasteiger partial charge in [0.25, 0.3) is 5.91 Å². The first-order valence-corrected chi connectivity index (χ1v) is 10.8. The van der Waals surface area contributed by atoms with Gasteiger partial charge in [0.1, 0.15) is 0 Å². The summed E-state index contributed by atoms with van der Waals surface area (Å²) in [7, 11) is 0. The SMILES string of the molecule is CCN(Cc1cccc(NC(=O)c2nn(-c3ccccc3C)c3c2CCC3)c1)C(C)=O. The molecule has 2 aromatic carbocycles. The number of anilines is 1. The minimum Gasteiger partial charge on any atom is -0.339 e. The molecule has 0 radical (unpaired) electrons. The molecule has 31 heavy (non-hydrogen) atoms. The van der Waals surface area contributed by atoms with E-state index in [1.807, 2.05) is 54.1 Å². The van der Waals surface area contributed by atoms with Gasteiger partial charge in [-0.25, -0.2) is 4.68 Å². The van der Waals surface area contributed by atoms with Crippen LogP contribution in [0.15, 0.2) is 48.5 Å². The van der Waals surface area contributed by atoms with Crippen molar-refractivity contribution in [2.45, 2.75) is 46.6 Å². The highest BCUT2D eigenvalue weighted by Gasteiger charge is 2.27. The third-order valence-electron chi connectivity index (χ3n) is 5.87. The molecule has 2 amide bonds. The van der Waals surface area contributed by atoms with Crippen LogP contribution in [0.4, 0.5) is 5.69 Å². The van der Waals surface area contributed by atoms with E-state index in [0.717, 1.165) is 47.3 Å². The molecule has 0 bridgehead atoms. The number of nitrogens with zero attached hydrogens (tertiary/aromatic N) is 3. The summed E-state index contributed by atoms with van der Waals surface area (Å²) in [6.07, 6.45) is 2.83. The lowest BCUT2D eigenvalue weighted by atomic mass is 10.1. The zero-order valence-corrected chi connectivity index (χ0v) is 18.3. The predicted octanol–water partition coefficient (Wildman–Crippen LogP) is 4.29. The van der Waals surface area contributed by atoms with Crippen molar-refractivity contribution < 1.29 is 9.59 Å². The van der Waals surface area contributed by atoms with Gasteiger partial charge in [-0.3, -0.25) is 9.59 Å². The maximum Gasteiger partial charge on any atom is 0.276 e. The molecule has 1 N–H and O–H groups in total. The fraction of sp³-hybridized carbons (Fsp3) is 0.320. The van der Waals surface area contributed by atoms with Gasteiger partial charge in [-0.15, -0.1) is 0 Å². The molecule has 0 aliphatic heterocycles. The molecule has 0 saturated carbocycles. The van der Waals surface area contributed by atoms with Gasteiger partial charge in [0.2, 0.25) is 5.91 Å². The third kappa shape index (κ3) is 4.24. The van der Waals surface area contributed by atoms with E-state index in [2.05, 4.69) is 18.3 Å². The Morgan fingerprint density at radius 3 is 2.68 bits per heavy atom. The number of aryl methyl sites for hydroxylation is 1. The van der Waals surface area contributed by atoms with Crippen LogP contribution < -0.4 is 5.32 Å². The molecule has 160 valence electrons. The molecule has 0 atom stereocenters. The first-order valence-electron chi connectivity index (χ1n) is 10.8. The molecular weight excluding hydrogens is 388 g/mol. The Balaban J connectivity index is 1.59. The zero-order valence-electron chi connectivity index (χ0n) is 18.3. The molecule has 0 saturated heterocycles. The van der Waals surface area contributed by atoms with Crippen LogP contribution in [0.1, 0.15) is 53.1 Å². The topological polar surface area (TPSA) is 67.2 Å². The Bertz CT molecular complexity index is 1130. The van der Waals surface area contributed by atoms with Gasteiger partial charge >= 0.3 is 0 Å². The number of carbonyl (C=O) groups is 2. The second kappa shape index (κ2) is 8.76. The summed E-state index contributed by atoms with van der Waals surface area (Å²) >= 11 is 0. The summed E-state index contributed by atoms with van der Waals surface area (Å²) in [4.78, 5) is 26.6. The Kier molecular flexibility index (Phi) is 5.89. The number of rotatable bonds is 6. The summed E-state index contributed by atoms with van der Waals surface area (Å²) in [5.74, 6) is -0.157. The number of hydrogen-bond acceptors (Lipinski definition) is 3. The molecule has 1 heterocycles. The van der Waals surface area contributed by atoms with Crippen LogP contribution in [0.25, 0.3) is 5.69 Å². The largest absolute Gasteiger partial charge is 0.339 e. The third-order valence-corrected chi connectivity index (χ3v) is 5.87. The van der Waals surface area contributed by atoms with Gasteiger partial charge in [0.15, 0.2) is 5.69 Å². The highest BCUT2D eigenvalue weighted by atomic mass is 16.2. The van der Waals surface area contributed by atoms with Crippen LogP contribution in [-0.2, 0) is 24.2 Å². The van der Waals surface area contributed by atoms with Crippen LogP contribution in [0, 0.1) is 6.92 Å². The maximum atomic E-state index is 13.1. The minimum atomic E-state index is -0.193. The van der Waals surface area contributed by atoms with E-state index < -0.39 is 0 Å². The lowest BCUT2D eigenvalue weighted by Gasteiger charge is -2.19. The van der Waals surface area contributed by atoms with Crippen LogP contribution in [0.5, 0.6) is 0 Å². The smallest absolute Gasteiger partial charge is 0.276 e. The number of benzene rings is 2. The normalized spacial score (nSPS) is 12.5. The average Bonchev–Trinajstić information content (AvgIpc) is 3.35. The Labute approximate surface area is 182 Å². The molecule has 1 aromatic heterocycles. The summed E-state index contributed by atoms with van der Waals surface area (Å²) in [5, 5.41) is 7.73. The number of nitrogens with one attached hydrogen (secondary N) is 1. The van der Waals surface area contributed by atoms with Crippen molar-refractivity contribution in [3.05, 3.63) is 76.6 Å². The van der Waals surface area contributed by atoms with Gasteiger partial charge in [-0.05, 0) is 62.4 Å². The summed E-state index contributed by atoms with van der Waals surface area (Å²) in [6, 6.07) is 15.8. The highest BCUT2D eigenvalue weighted by Crippen LogP contribution is 2.29. The minimum absolute atomic E-state index is 0.0363. The molecule has 3 aromatic rings. The molecular formula is C25H28N4O2. The van der Waals surface area contributed by atoms with Gasteiger partial charge in [0.05, 0.1) is 5.69 Å². The fourth-order valence-corrected chi connectivity index (χ4v) is 4.22. The van der Waals surface area contributed by atoms with E-state index in [1.54, 1.807) is 11.8 Å². The molecule has 6 nitrogen and oxygen atoms in total. The van der Waals surface area contributed by atoms with Crippen molar-refractivity contribution in [3.8, 4) is 5.69 Å². The van der Waals surface area contributed by atoms with Crippen molar-refractivity contribution in [1.82, 2.24) is 14.7 Å². The Morgan fingerprint density at radius 2 is 1.94 bits per heavy atom. The van der Waals surface area contributed by atoms with E-state index >= 15 is 0 Å². The van der Waals surface area contributed by atoms with Crippen LogP contribution in [-0.4, -0.2) is 33.0 Å². The standard InChI is InChI=1S/C25H28N4O2/c1-4-28(18(3)30)16-19-10-7-11-20(15-19)26-25(31)24-21-12-8-14-23(21)29(27-24)22-13-6-5-9-17(22)2/h5-7,9-11,13,15H,4,8,12,14,16H2,1-3H3,(H,26,31).